The zero-order valence-corrected chi connectivity index (χ0v) is 12.3. The van der Waals surface area contributed by atoms with Crippen LogP contribution in [0.1, 0.15) is 16.5 Å². The first-order valence-electron chi connectivity index (χ1n) is 4.82. The van der Waals surface area contributed by atoms with Gasteiger partial charge in [-0.05, 0) is 45.1 Å². The Morgan fingerprint density at radius 1 is 1.12 bits per heavy atom. The van der Waals surface area contributed by atoms with Gasteiger partial charge in [-0.1, -0.05) is 28.1 Å². The molecule has 1 heterocycles. The van der Waals surface area contributed by atoms with Crippen LogP contribution in [0.5, 0.6) is 0 Å². The van der Waals surface area contributed by atoms with Gasteiger partial charge in [0.15, 0.2) is 0 Å². The van der Waals surface area contributed by atoms with Crippen molar-refractivity contribution < 1.29 is 5.11 Å². The Morgan fingerprint density at radius 3 is 2.38 bits per heavy atom. The van der Waals surface area contributed by atoms with Gasteiger partial charge < -0.3 is 5.11 Å². The fourth-order valence-corrected chi connectivity index (χ4v) is 3.37. The van der Waals surface area contributed by atoms with Gasteiger partial charge in [-0.15, -0.1) is 11.3 Å². The van der Waals surface area contributed by atoms with Crippen LogP contribution in [0.25, 0.3) is 0 Å². The molecule has 0 amide bonds. The largest absolute Gasteiger partial charge is 0.387 e. The van der Waals surface area contributed by atoms with Crippen LogP contribution in [0, 0.1) is 0 Å². The van der Waals surface area contributed by atoms with E-state index in [1.165, 1.54) is 0 Å². The molecule has 1 N–H and O–H groups in total. The zero-order valence-electron chi connectivity index (χ0n) is 8.36. The third-order valence-electron chi connectivity index (χ3n) is 2.29. The third-order valence-corrected chi connectivity index (χ3v) is 4.79. The number of aliphatic hydroxyl groups excluding tert-OH is 1. The van der Waals surface area contributed by atoms with Crippen LogP contribution < -0.4 is 0 Å². The smallest absolute Gasteiger partial charge is 0.0933 e. The topological polar surface area (TPSA) is 20.2 Å². The molecule has 1 unspecified atom stereocenters. The number of benzene rings is 1. The van der Waals surface area contributed by atoms with Gasteiger partial charge >= 0.3 is 0 Å². The Morgan fingerprint density at radius 2 is 1.81 bits per heavy atom. The minimum atomic E-state index is -0.435. The maximum absolute atomic E-state index is 10.1. The fraction of sp³-hybridized carbons (Fsp3) is 0.167. The molecule has 84 valence electrons. The quantitative estimate of drug-likeness (QED) is 0.850. The summed E-state index contributed by atoms with van der Waals surface area (Å²) in [6.45, 7) is 0. The van der Waals surface area contributed by atoms with E-state index in [4.69, 9.17) is 0 Å². The first-order chi connectivity index (χ1) is 7.66. The molecule has 0 aliphatic heterocycles. The SMILES string of the molecule is OC(Cc1ccc(Br)cc1)c1sccc1Br. The molecule has 1 aromatic heterocycles. The van der Waals surface area contributed by atoms with E-state index >= 15 is 0 Å². The van der Waals surface area contributed by atoms with Crippen LogP contribution >= 0.6 is 43.2 Å². The van der Waals surface area contributed by atoms with E-state index in [2.05, 4.69) is 31.9 Å². The predicted octanol–water partition coefficient (Wildman–Crippen LogP) is 4.55. The van der Waals surface area contributed by atoms with Crippen LogP contribution in [0.3, 0.4) is 0 Å². The molecule has 0 bridgehead atoms. The van der Waals surface area contributed by atoms with E-state index in [0.717, 1.165) is 19.4 Å². The molecule has 0 fully saturated rings. The monoisotopic (exact) mass is 360 g/mol. The molecular weight excluding hydrogens is 352 g/mol. The van der Waals surface area contributed by atoms with Gasteiger partial charge in [0, 0.05) is 20.2 Å². The lowest BCUT2D eigenvalue weighted by atomic mass is 10.1. The van der Waals surface area contributed by atoms with Crippen LogP contribution in [-0.2, 0) is 6.42 Å². The molecule has 2 rings (SSSR count). The Kier molecular flexibility index (Phi) is 4.19. The highest BCUT2D eigenvalue weighted by Gasteiger charge is 2.13. The standard InChI is InChI=1S/C12H10Br2OS/c13-9-3-1-8(2-4-9)7-11(15)12-10(14)5-6-16-12/h1-6,11,15H,7H2. The molecule has 2 aromatic rings. The predicted molar refractivity (Wildman–Crippen MR) is 74.8 cm³/mol. The molecule has 0 aliphatic rings. The number of hydrogen-bond acceptors (Lipinski definition) is 2. The average molecular weight is 362 g/mol. The molecule has 0 radical (unpaired) electrons. The van der Waals surface area contributed by atoms with Crippen LogP contribution in [0.15, 0.2) is 44.7 Å². The summed E-state index contributed by atoms with van der Waals surface area (Å²) in [4.78, 5) is 0.989. The van der Waals surface area contributed by atoms with Gasteiger partial charge in [0.1, 0.15) is 0 Å². The lowest BCUT2D eigenvalue weighted by molar-refractivity contribution is 0.181. The summed E-state index contributed by atoms with van der Waals surface area (Å²) in [6, 6.07) is 9.99. The molecule has 4 heteroatoms. The molecule has 0 saturated heterocycles. The zero-order chi connectivity index (χ0) is 11.5. The summed E-state index contributed by atoms with van der Waals surface area (Å²) in [5, 5.41) is 12.1. The third kappa shape index (κ3) is 2.94. The van der Waals surface area contributed by atoms with Crippen molar-refractivity contribution >= 4 is 43.2 Å². The summed E-state index contributed by atoms with van der Waals surface area (Å²) in [7, 11) is 0. The highest BCUT2D eigenvalue weighted by molar-refractivity contribution is 9.10. The number of hydrogen-bond donors (Lipinski definition) is 1. The van der Waals surface area contributed by atoms with Crippen molar-refractivity contribution in [3.8, 4) is 0 Å². The normalized spacial score (nSPS) is 12.7. The Bertz CT molecular complexity index is 464. The molecule has 1 aromatic carbocycles. The fourth-order valence-electron chi connectivity index (χ4n) is 1.48. The highest BCUT2D eigenvalue weighted by Crippen LogP contribution is 2.31. The first-order valence-corrected chi connectivity index (χ1v) is 7.29. The summed E-state index contributed by atoms with van der Waals surface area (Å²) in [5.74, 6) is 0. The van der Waals surface area contributed by atoms with Crippen molar-refractivity contribution in [1.82, 2.24) is 0 Å². The van der Waals surface area contributed by atoms with E-state index in [9.17, 15) is 5.11 Å². The van der Waals surface area contributed by atoms with Crippen molar-refractivity contribution in [3.05, 3.63) is 55.1 Å². The minimum Gasteiger partial charge on any atom is -0.387 e. The van der Waals surface area contributed by atoms with Crippen molar-refractivity contribution in [2.75, 3.05) is 0 Å². The Balaban J connectivity index is 2.10. The van der Waals surface area contributed by atoms with Crippen molar-refractivity contribution in [2.45, 2.75) is 12.5 Å². The number of rotatable bonds is 3. The van der Waals surface area contributed by atoms with Crippen LogP contribution in [0.2, 0.25) is 0 Å². The van der Waals surface area contributed by atoms with Crippen LogP contribution in [-0.4, -0.2) is 5.11 Å². The molecule has 1 nitrogen and oxygen atoms in total. The summed E-state index contributed by atoms with van der Waals surface area (Å²) in [6.07, 6.45) is 0.211. The highest BCUT2D eigenvalue weighted by atomic mass is 79.9. The lowest BCUT2D eigenvalue weighted by Gasteiger charge is -2.09. The molecular formula is C12H10Br2OS. The van der Waals surface area contributed by atoms with E-state index in [1.807, 2.05) is 35.7 Å². The maximum atomic E-state index is 10.1. The molecule has 0 spiro atoms. The second-order valence-electron chi connectivity index (χ2n) is 3.48. The Hall–Kier alpha value is -0.160. The van der Waals surface area contributed by atoms with Crippen molar-refractivity contribution in [3.63, 3.8) is 0 Å². The number of aliphatic hydroxyl groups is 1. The summed E-state index contributed by atoms with van der Waals surface area (Å²) >= 11 is 8.40. The second-order valence-corrected chi connectivity index (χ2v) is 6.20. The average Bonchev–Trinajstić information content (AvgIpc) is 2.68. The molecule has 1 atom stereocenters. The van der Waals surface area contributed by atoms with E-state index in [-0.39, 0.29) is 0 Å². The van der Waals surface area contributed by atoms with Gasteiger partial charge in [0.05, 0.1) is 6.10 Å². The van der Waals surface area contributed by atoms with Crippen LogP contribution in [0.4, 0.5) is 0 Å². The summed E-state index contributed by atoms with van der Waals surface area (Å²) in [5.41, 5.74) is 1.14. The van der Waals surface area contributed by atoms with E-state index in [1.54, 1.807) is 11.3 Å². The van der Waals surface area contributed by atoms with E-state index in [0.29, 0.717) is 6.42 Å². The van der Waals surface area contributed by atoms with Crippen molar-refractivity contribution in [1.29, 1.82) is 0 Å². The Labute approximate surface area is 115 Å². The van der Waals surface area contributed by atoms with Gasteiger partial charge in [-0.2, -0.15) is 0 Å². The van der Waals surface area contributed by atoms with E-state index < -0.39 is 6.10 Å². The minimum absolute atomic E-state index is 0.435. The summed E-state index contributed by atoms with van der Waals surface area (Å²) < 4.78 is 2.05. The maximum Gasteiger partial charge on any atom is 0.0933 e. The number of thiophene rings is 1. The van der Waals surface area contributed by atoms with Gasteiger partial charge in [-0.25, -0.2) is 0 Å². The van der Waals surface area contributed by atoms with Gasteiger partial charge in [0.2, 0.25) is 0 Å². The lowest BCUT2D eigenvalue weighted by Crippen LogP contribution is -1.99. The number of halogens is 2. The second kappa shape index (κ2) is 5.45. The van der Waals surface area contributed by atoms with Crippen molar-refractivity contribution in [2.24, 2.45) is 0 Å². The molecule has 0 aliphatic carbocycles. The first kappa shape index (κ1) is 12.3. The van der Waals surface area contributed by atoms with Gasteiger partial charge in [0.25, 0.3) is 0 Å². The molecule has 16 heavy (non-hydrogen) atoms. The van der Waals surface area contributed by atoms with Gasteiger partial charge in [-0.3, -0.25) is 0 Å². The molecule has 0 saturated carbocycles.